The van der Waals surface area contributed by atoms with E-state index >= 15 is 0 Å². The highest BCUT2D eigenvalue weighted by Crippen LogP contribution is 2.20. The van der Waals surface area contributed by atoms with Gasteiger partial charge in [0, 0.05) is 4.90 Å². The van der Waals surface area contributed by atoms with Crippen molar-refractivity contribution >= 4 is 29.6 Å². The van der Waals surface area contributed by atoms with Crippen LogP contribution in [0.3, 0.4) is 0 Å². The molecule has 20 heavy (non-hydrogen) atoms. The maximum Gasteiger partial charge on any atom is 0.326 e. The fraction of sp³-hybridized carbons (Fsp3) is 0.250. The van der Waals surface area contributed by atoms with Crippen LogP contribution in [0.5, 0.6) is 0 Å². The van der Waals surface area contributed by atoms with Crippen molar-refractivity contribution in [2.45, 2.75) is 17.4 Å². The van der Waals surface area contributed by atoms with Crippen LogP contribution in [0.15, 0.2) is 29.2 Å². The van der Waals surface area contributed by atoms with Crippen molar-refractivity contribution in [1.29, 1.82) is 0 Å². The van der Waals surface area contributed by atoms with E-state index in [0.717, 1.165) is 11.8 Å². The number of halogens is 1. The van der Waals surface area contributed by atoms with Crippen LogP contribution in [-0.4, -0.2) is 39.9 Å². The SMILES string of the molecule is O=C(O)CC(NC(=O)CSc1ccccc1F)C(=O)O. The summed E-state index contributed by atoms with van der Waals surface area (Å²) in [6.45, 7) is 0. The Morgan fingerprint density at radius 1 is 1.25 bits per heavy atom. The molecule has 3 N–H and O–H groups in total. The molecule has 0 aromatic heterocycles. The lowest BCUT2D eigenvalue weighted by Crippen LogP contribution is -2.43. The van der Waals surface area contributed by atoms with Crippen LogP contribution in [0.25, 0.3) is 0 Å². The maximum atomic E-state index is 13.3. The summed E-state index contributed by atoms with van der Waals surface area (Å²) in [6, 6.07) is 4.34. The molecule has 0 saturated carbocycles. The first-order chi connectivity index (χ1) is 9.40. The van der Waals surface area contributed by atoms with Crippen LogP contribution in [0, 0.1) is 5.82 Å². The summed E-state index contributed by atoms with van der Waals surface area (Å²) >= 11 is 0.900. The average molecular weight is 301 g/mol. The molecule has 8 heteroatoms. The molecule has 0 radical (unpaired) electrons. The van der Waals surface area contributed by atoms with Crippen LogP contribution >= 0.6 is 11.8 Å². The van der Waals surface area contributed by atoms with Crippen LogP contribution in [0.4, 0.5) is 4.39 Å². The standard InChI is InChI=1S/C12H12FNO5S/c13-7-3-1-2-4-9(7)20-6-10(15)14-8(12(18)19)5-11(16)17/h1-4,8H,5-6H2,(H,14,15)(H,16,17)(H,18,19). The smallest absolute Gasteiger partial charge is 0.326 e. The first kappa shape index (κ1) is 16.0. The second-order valence-corrected chi connectivity index (χ2v) is 4.79. The third-order valence-corrected chi connectivity index (χ3v) is 3.26. The number of carboxylic acids is 2. The van der Waals surface area contributed by atoms with Crippen LogP contribution in [-0.2, 0) is 14.4 Å². The summed E-state index contributed by atoms with van der Waals surface area (Å²) in [6.07, 6.45) is -0.717. The second kappa shape index (κ2) is 7.49. The molecular formula is C12H12FNO5S. The summed E-state index contributed by atoms with van der Waals surface area (Å²) in [4.78, 5) is 33.0. The molecule has 0 fully saturated rings. The molecule has 1 amide bonds. The summed E-state index contributed by atoms with van der Waals surface area (Å²) in [5, 5.41) is 19.4. The minimum absolute atomic E-state index is 0.204. The van der Waals surface area contributed by atoms with Gasteiger partial charge in [0.1, 0.15) is 11.9 Å². The largest absolute Gasteiger partial charge is 0.481 e. The Labute approximate surface area is 118 Å². The van der Waals surface area contributed by atoms with Crippen LogP contribution in [0.1, 0.15) is 6.42 Å². The second-order valence-electron chi connectivity index (χ2n) is 3.78. The summed E-state index contributed by atoms with van der Waals surface area (Å²) < 4.78 is 13.3. The average Bonchev–Trinajstić information content (AvgIpc) is 2.36. The zero-order valence-corrected chi connectivity index (χ0v) is 11.0. The predicted molar refractivity (Wildman–Crippen MR) is 68.9 cm³/mol. The Hall–Kier alpha value is -2.09. The number of hydrogen-bond acceptors (Lipinski definition) is 4. The number of carbonyl (C=O) groups is 3. The summed E-state index contributed by atoms with van der Waals surface area (Å²) in [5.74, 6) is -4.13. The lowest BCUT2D eigenvalue weighted by atomic mass is 10.2. The molecule has 0 aliphatic carbocycles. The van der Waals surface area contributed by atoms with Gasteiger partial charge in [-0.3, -0.25) is 9.59 Å². The van der Waals surface area contributed by atoms with Crippen molar-refractivity contribution in [2.75, 3.05) is 5.75 Å². The van der Waals surface area contributed by atoms with Gasteiger partial charge in [-0.15, -0.1) is 11.8 Å². The van der Waals surface area contributed by atoms with E-state index in [1.54, 1.807) is 6.07 Å². The number of thioether (sulfide) groups is 1. The number of rotatable bonds is 7. The monoisotopic (exact) mass is 301 g/mol. The Morgan fingerprint density at radius 2 is 1.90 bits per heavy atom. The first-order valence-electron chi connectivity index (χ1n) is 5.51. The minimum Gasteiger partial charge on any atom is -0.481 e. The van der Waals surface area contributed by atoms with E-state index in [1.165, 1.54) is 18.2 Å². The molecular weight excluding hydrogens is 289 g/mol. The molecule has 0 heterocycles. The number of hydrogen-bond donors (Lipinski definition) is 3. The molecule has 6 nitrogen and oxygen atoms in total. The van der Waals surface area contributed by atoms with Gasteiger partial charge < -0.3 is 15.5 Å². The molecule has 1 aromatic rings. The molecule has 1 rings (SSSR count). The lowest BCUT2D eigenvalue weighted by molar-refractivity contribution is -0.147. The normalized spacial score (nSPS) is 11.7. The van der Waals surface area contributed by atoms with Gasteiger partial charge in [-0.05, 0) is 12.1 Å². The number of nitrogens with one attached hydrogen (secondary N) is 1. The maximum absolute atomic E-state index is 13.3. The Morgan fingerprint density at radius 3 is 2.45 bits per heavy atom. The summed E-state index contributed by atoms with van der Waals surface area (Å²) in [7, 11) is 0. The predicted octanol–water partition coefficient (Wildman–Crippen LogP) is 0.962. The van der Waals surface area contributed by atoms with E-state index in [2.05, 4.69) is 5.32 Å². The molecule has 0 aliphatic rings. The topological polar surface area (TPSA) is 104 Å². The molecule has 0 saturated heterocycles. The third kappa shape index (κ3) is 5.27. The number of amides is 1. The van der Waals surface area contributed by atoms with Gasteiger partial charge in [-0.25, -0.2) is 9.18 Å². The van der Waals surface area contributed by atoms with Crippen molar-refractivity contribution < 1.29 is 29.0 Å². The van der Waals surface area contributed by atoms with Crippen LogP contribution in [0.2, 0.25) is 0 Å². The fourth-order valence-electron chi connectivity index (χ4n) is 1.32. The molecule has 0 aliphatic heterocycles. The van der Waals surface area contributed by atoms with Gasteiger partial charge >= 0.3 is 11.9 Å². The minimum atomic E-state index is -1.50. The van der Waals surface area contributed by atoms with Crippen molar-refractivity contribution in [3.63, 3.8) is 0 Å². The third-order valence-electron chi connectivity index (χ3n) is 2.21. The molecule has 1 atom stereocenters. The highest BCUT2D eigenvalue weighted by Gasteiger charge is 2.22. The Bertz CT molecular complexity index is 522. The van der Waals surface area contributed by atoms with Gasteiger partial charge in [0.25, 0.3) is 0 Å². The summed E-state index contributed by atoms with van der Waals surface area (Å²) in [5.41, 5.74) is 0. The molecule has 0 bridgehead atoms. The van der Waals surface area contributed by atoms with Crippen molar-refractivity contribution in [3.05, 3.63) is 30.1 Å². The Kier molecular flexibility index (Phi) is 5.98. The zero-order chi connectivity index (χ0) is 15.1. The Balaban J connectivity index is 2.52. The highest BCUT2D eigenvalue weighted by atomic mass is 32.2. The number of carboxylic acid groups (broad SMARTS) is 2. The quantitative estimate of drug-likeness (QED) is 0.648. The van der Waals surface area contributed by atoms with Crippen molar-refractivity contribution in [2.24, 2.45) is 0 Å². The fourth-order valence-corrected chi connectivity index (χ4v) is 2.07. The molecule has 108 valence electrons. The van der Waals surface area contributed by atoms with Gasteiger partial charge in [0.05, 0.1) is 12.2 Å². The number of carbonyl (C=O) groups excluding carboxylic acids is 1. The van der Waals surface area contributed by atoms with E-state index in [0.29, 0.717) is 0 Å². The van der Waals surface area contributed by atoms with E-state index in [4.69, 9.17) is 10.2 Å². The van der Waals surface area contributed by atoms with E-state index in [-0.39, 0.29) is 10.6 Å². The van der Waals surface area contributed by atoms with Crippen LogP contribution < -0.4 is 5.32 Å². The van der Waals surface area contributed by atoms with E-state index < -0.39 is 36.1 Å². The van der Waals surface area contributed by atoms with E-state index in [9.17, 15) is 18.8 Å². The zero-order valence-electron chi connectivity index (χ0n) is 10.2. The molecule has 0 spiro atoms. The molecule has 1 aromatic carbocycles. The van der Waals surface area contributed by atoms with Gasteiger partial charge in [-0.2, -0.15) is 0 Å². The van der Waals surface area contributed by atoms with Crippen molar-refractivity contribution in [3.8, 4) is 0 Å². The van der Waals surface area contributed by atoms with E-state index in [1.807, 2.05) is 0 Å². The van der Waals surface area contributed by atoms with Gasteiger partial charge in [0.2, 0.25) is 5.91 Å². The number of benzene rings is 1. The molecule has 1 unspecified atom stereocenters. The number of aliphatic carboxylic acids is 2. The van der Waals surface area contributed by atoms with Gasteiger partial charge in [0.15, 0.2) is 0 Å². The first-order valence-corrected chi connectivity index (χ1v) is 6.50. The van der Waals surface area contributed by atoms with Gasteiger partial charge in [-0.1, -0.05) is 12.1 Å². The highest BCUT2D eigenvalue weighted by molar-refractivity contribution is 8.00. The van der Waals surface area contributed by atoms with Crippen molar-refractivity contribution in [1.82, 2.24) is 5.32 Å². The lowest BCUT2D eigenvalue weighted by Gasteiger charge is -2.12.